The molecule has 1 aromatic carbocycles. The van der Waals surface area contributed by atoms with Crippen LogP contribution in [0.5, 0.6) is 5.75 Å². The first-order valence-electron chi connectivity index (χ1n) is 6.72. The van der Waals surface area contributed by atoms with Crippen molar-refractivity contribution in [3.05, 3.63) is 48.2 Å². The van der Waals surface area contributed by atoms with Gasteiger partial charge in [-0.25, -0.2) is 4.79 Å². The van der Waals surface area contributed by atoms with E-state index in [1.54, 1.807) is 6.08 Å². The van der Waals surface area contributed by atoms with Crippen LogP contribution in [0.1, 0.15) is 11.1 Å². The molecule has 1 saturated heterocycles. The van der Waals surface area contributed by atoms with E-state index in [0.29, 0.717) is 13.0 Å². The number of allylic oxidation sites excluding steroid dienone is 1. The van der Waals surface area contributed by atoms with Crippen LogP contribution in [0.15, 0.2) is 37.1 Å². The van der Waals surface area contributed by atoms with Crippen molar-refractivity contribution in [2.24, 2.45) is 0 Å². The van der Waals surface area contributed by atoms with Crippen molar-refractivity contribution < 1.29 is 19.0 Å². The van der Waals surface area contributed by atoms with Gasteiger partial charge in [0.1, 0.15) is 18.5 Å². The summed E-state index contributed by atoms with van der Waals surface area (Å²) in [4.78, 5) is 11.0. The average Bonchev–Trinajstić information content (AvgIpc) is 3.31. The van der Waals surface area contributed by atoms with Crippen molar-refractivity contribution in [3.8, 4) is 5.75 Å². The molecule has 0 saturated carbocycles. The fourth-order valence-corrected chi connectivity index (χ4v) is 1.77. The fraction of sp³-hybridized carbons (Fsp3) is 0.312. The lowest BCUT2D eigenvalue weighted by molar-refractivity contribution is 0.175. The van der Waals surface area contributed by atoms with Gasteiger partial charge >= 0.3 is 6.09 Å². The Labute approximate surface area is 124 Å². The zero-order chi connectivity index (χ0) is 15.1. The highest BCUT2D eigenvalue weighted by Gasteiger charge is 2.23. The summed E-state index contributed by atoms with van der Waals surface area (Å²) in [6.07, 6.45) is 5.60. The summed E-state index contributed by atoms with van der Waals surface area (Å²) >= 11 is 0. The summed E-state index contributed by atoms with van der Waals surface area (Å²) in [5.74, 6) is 0.837. The maximum atomic E-state index is 11.0. The van der Waals surface area contributed by atoms with E-state index >= 15 is 0 Å². The Bertz CT molecular complexity index is 535. The Kier molecular flexibility index (Phi) is 5.40. The summed E-state index contributed by atoms with van der Waals surface area (Å²) in [6, 6.07) is 5.84. The molecule has 5 heteroatoms. The minimum atomic E-state index is -0.498. The molecule has 112 valence electrons. The van der Waals surface area contributed by atoms with Crippen molar-refractivity contribution in [1.29, 1.82) is 0 Å². The Hall–Kier alpha value is -2.27. The van der Waals surface area contributed by atoms with E-state index in [1.807, 2.05) is 24.3 Å². The third-order valence-corrected chi connectivity index (χ3v) is 2.94. The lowest BCUT2D eigenvalue weighted by Gasteiger charge is -2.10. The lowest BCUT2D eigenvalue weighted by atomic mass is 10.1. The number of alkyl carbamates (subject to hydrolysis) is 1. The Morgan fingerprint density at radius 3 is 3.05 bits per heavy atom. The number of methoxy groups -OCH3 is 1. The van der Waals surface area contributed by atoms with Gasteiger partial charge in [-0.2, -0.15) is 0 Å². The van der Waals surface area contributed by atoms with Crippen LogP contribution in [0.2, 0.25) is 0 Å². The van der Waals surface area contributed by atoms with E-state index in [-0.39, 0.29) is 6.10 Å². The highest BCUT2D eigenvalue weighted by molar-refractivity contribution is 5.69. The van der Waals surface area contributed by atoms with E-state index in [0.717, 1.165) is 23.5 Å². The van der Waals surface area contributed by atoms with Gasteiger partial charge < -0.3 is 14.2 Å². The highest BCUT2D eigenvalue weighted by Crippen LogP contribution is 2.23. The molecular weight excluding hydrogens is 270 g/mol. The first-order chi connectivity index (χ1) is 10.2. The zero-order valence-electron chi connectivity index (χ0n) is 12.0. The van der Waals surface area contributed by atoms with E-state index in [1.165, 1.54) is 13.3 Å². The predicted molar refractivity (Wildman–Crippen MR) is 80.2 cm³/mol. The van der Waals surface area contributed by atoms with E-state index in [4.69, 9.17) is 9.47 Å². The van der Waals surface area contributed by atoms with Gasteiger partial charge in [0, 0.05) is 6.20 Å². The van der Waals surface area contributed by atoms with Crippen molar-refractivity contribution in [2.45, 2.75) is 12.5 Å². The number of carbonyl (C=O) groups is 1. The molecule has 0 bridgehead atoms. The summed E-state index contributed by atoms with van der Waals surface area (Å²) < 4.78 is 15.4. The molecule has 0 aromatic heterocycles. The quantitative estimate of drug-likeness (QED) is 0.619. The van der Waals surface area contributed by atoms with Gasteiger partial charge in [0.25, 0.3) is 0 Å². The smallest absolute Gasteiger partial charge is 0.410 e. The van der Waals surface area contributed by atoms with Crippen LogP contribution >= 0.6 is 0 Å². The molecule has 1 fully saturated rings. The largest absolute Gasteiger partial charge is 0.490 e. The van der Waals surface area contributed by atoms with Gasteiger partial charge in [0.15, 0.2) is 0 Å². The van der Waals surface area contributed by atoms with Crippen LogP contribution in [0, 0.1) is 0 Å². The zero-order valence-corrected chi connectivity index (χ0v) is 12.0. The average molecular weight is 289 g/mol. The molecule has 2 rings (SSSR count). The number of hydrogen-bond donors (Lipinski definition) is 1. The molecule has 1 unspecified atom stereocenters. The van der Waals surface area contributed by atoms with Gasteiger partial charge in [-0.15, -0.1) is 6.58 Å². The number of carbonyl (C=O) groups excluding carboxylic acids is 1. The maximum absolute atomic E-state index is 11.0. The third kappa shape index (κ3) is 4.96. The molecular formula is C16H19NO4. The molecule has 21 heavy (non-hydrogen) atoms. The van der Waals surface area contributed by atoms with Crippen molar-refractivity contribution >= 4 is 12.2 Å². The standard InChI is InChI=1S/C16H19NO4/c1-3-4-13-9-12(7-8-17-16(18)19-2)5-6-15(13)21-11-14-10-20-14/h3,5-9,14H,1,4,10-11H2,2H3,(H,17,18). The van der Waals surface area contributed by atoms with Gasteiger partial charge in [0.05, 0.1) is 13.7 Å². The Balaban J connectivity index is 2.02. The maximum Gasteiger partial charge on any atom is 0.410 e. The van der Waals surface area contributed by atoms with Gasteiger partial charge in [-0.05, 0) is 35.8 Å². The molecule has 1 heterocycles. The number of amides is 1. The number of nitrogens with one attached hydrogen (secondary N) is 1. The van der Waals surface area contributed by atoms with Crippen LogP contribution in [0.4, 0.5) is 4.79 Å². The molecule has 1 aromatic rings. The normalized spacial score (nSPS) is 16.5. The minimum absolute atomic E-state index is 0.227. The molecule has 1 aliphatic rings. The molecule has 1 N–H and O–H groups in total. The topological polar surface area (TPSA) is 60.1 Å². The summed E-state index contributed by atoms with van der Waals surface area (Å²) in [5, 5.41) is 2.49. The Morgan fingerprint density at radius 1 is 1.57 bits per heavy atom. The van der Waals surface area contributed by atoms with Crippen LogP contribution in [0.3, 0.4) is 0 Å². The van der Waals surface area contributed by atoms with Crippen LogP contribution in [-0.2, 0) is 15.9 Å². The van der Waals surface area contributed by atoms with Gasteiger partial charge in [-0.1, -0.05) is 12.1 Å². The van der Waals surface area contributed by atoms with Crippen LogP contribution in [-0.4, -0.2) is 32.5 Å². The number of rotatable bonds is 7. The number of epoxide rings is 1. The number of hydrogen-bond acceptors (Lipinski definition) is 4. The molecule has 0 spiro atoms. The second-order valence-corrected chi connectivity index (χ2v) is 4.60. The monoisotopic (exact) mass is 289 g/mol. The third-order valence-electron chi connectivity index (χ3n) is 2.94. The first-order valence-corrected chi connectivity index (χ1v) is 6.72. The molecule has 5 nitrogen and oxygen atoms in total. The van der Waals surface area contributed by atoms with Gasteiger partial charge in [0.2, 0.25) is 0 Å². The second kappa shape index (κ2) is 7.50. The fourth-order valence-electron chi connectivity index (χ4n) is 1.77. The second-order valence-electron chi connectivity index (χ2n) is 4.60. The van der Waals surface area contributed by atoms with Crippen molar-refractivity contribution in [1.82, 2.24) is 5.32 Å². The lowest BCUT2D eigenvalue weighted by Crippen LogP contribution is -2.15. The summed E-state index contributed by atoms with van der Waals surface area (Å²) in [6.45, 7) is 5.11. The van der Waals surface area contributed by atoms with Crippen molar-refractivity contribution in [3.63, 3.8) is 0 Å². The molecule has 1 aliphatic heterocycles. The molecule has 1 atom stereocenters. The van der Waals surface area contributed by atoms with E-state index in [2.05, 4.69) is 16.6 Å². The van der Waals surface area contributed by atoms with E-state index < -0.39 is 6.09 Å². The first kappa shape index (κ1) is 15.1. The minimum Gasteiger partial charge on any atom is -0.490 e. The van der Waals surface area contributed by atoms with Crippen LogP contribution < -0.4 is 10.1 Å². The summed E-state index contributed by atoms with van der Waals surface area (Å²) in [5.41, 5.74) is 2.00. The Morgan fingerprint density at radius 2 is 2.38 bits per heavy atom. The molecule has 0 aliphatic carbocycles. The molecule has 0 radical (unpaired) electrons. The molecule has 1 amide bonds. The highest BCUT2D eigenvalue weighted by atomic mass is 16.6. The SMILES string of the molecule is C=CCc1cc(C=CNC(=O)OC)ccc1OCC1CO1. The number of benzene rings is 1. The predicted octanol–water partition coefficient (Wildman–Crippen LogP) is 2.52. The van der Waals surface area contributed by atoms with E-state index in [9.17, 15) is 4.79 Å². The van der Waals surface area contributed by atoms with Gasteiger partial charge in [-0.3, -0.25) is 5.32 Å². The summed E-state index contributed by atoms with van der Waals surface area (Å²) in [7, 11) is 1.32. The number of ether oxygens (including phenoxy) is 3. The van der Waals surface area contributed by atoms with Crippen molar-refractivity contribution in [2.75, 3.05) is 20.3 Å². The van der Waals surface area contributed by atoms with Crippen LogP contribution in [0.25, 0.3) is 6.08 Å².